The fourth-order valence-corrected chi connectivity index (χ4v) is 2.77. The second kappa shape index (κ2) is 4.51. The van der Waals surface area contributed by atoms with Gasteiger partial charge in [-0.15, -0.1) is 11.3 Å². The molecule has 1 aromatic heterocycles. The number of rotatable bonds is 3. The summed E-state index contributed by atoms with van der Waals surface area (Å²) in [7, 11) is 0. The number of hydrogen-bond donors (Lipinski definition) is 2. The number of amides is 1. The van der Waals surface area contributed by atoms with Gasteiger partial charge in [-0.25, -0.2) is 4.98 Å². The second-order valence-corrected chi connectivity index (χ2v) is 5.07. The van der Waals surface area contributed by atoms with Crippen LogP contribution in [0.5, 0.6) is 0 Å². The van der Waals surface area contributed by atoms with Crippen LogP contribution in [0.2, 0.25) is 0 Å². The van der Waals surface area contributed by atoms with Crippen molar-refractivity contribution in [3.8, 4) is 0 Å². The van der Waals surface area contributed by atoms with Crippen molar-refractivity contribution in [3.63, 3.8) is 0 Å². The van der Waals surface area contributed by atoms with Gasteiger partial charge in [-0.05, 0) is 32.7 Å². The fraction of sp³-hybridized carbons (Fsp3) is 0.636. The van der Waals surface area contributed by atoms with Gasteiger partial charge < -0.3 is 10.6 Å². The number of nitrogens with zero attached hydrogens (tertiary/aromatic N) is 1. The third kappa shape index (κ3) is 2.10. The zero-order valence-electron chi connectivity index (χ0n) is 9.67. The molecule has 0 aliphatic carbocycles. The average Bonchev–Trinajstić information content (AvgIpc) is 2.88. The molecule has 0 saturated carbocycles. The van der Waals surface area contributed by atoms with Crippen molar-refractivity contribution in [2.45, 2.75) is 38.6 Å². The molecule has 0 radical (unpaired) electrons. The summed E-state index contributed by atoms with van der Waals surface area (Å²) in [6.07, 6.45) is 2.81. The molecule has 16 heavy (non-hydrogen) atoms. The molecule has 1 unspecified atom stereocenters. The molecule has 1 aliphatic heterocycles. The van der Waals surface area contributed by atoms with Gasteiger partial charge in [0.25, 0.3) is 0 Å². The molecule has 4 nitrogen and oxygen atoms in total. The lowest BCUT2D eigenvalue weighted by atomic mass is 9.93. The van der Waals surface area contributed by atoms with Crippen molar-refractivity contribution in [3.05, 3.63) is 11.1 Å². The maximum absolute atomic E-state index is 12.2. The predicted octanol–water partition coefficient (Wildman–Crippen LogP) is 1.92. The van der Waals surface area contributed by atoms with Crippen molar-refractivity contribution < 1.29 is 4.79 Å². The van der Waals surface area contributed by atoms with E-state index in [4.69, 9.17) is 0 Å². The highest BCUT2D eigenvalue weighted by Gasteiger charge is 2.39. The molecule has 2 heterocycles. The Bertz CT molecular complexity index is 382. The lowest BCUT2D eigenvalue weighted by molar-refractivity contribution is -0.122. The Balaban J connectivity index is 2.07. The van der Waals surface area contributed by atoms with Crippen LogP contribution < -0.4 is 10.6 Å². The molecule has 2 rings (SSSR count). The lowest BCUT2D eigenvalue weighted by Gasteiger charge is -2.25. The van der Waals surface area contributed by atoms with E-state index in [2.05, 4.69) is 15.6 Å². The zero-order chi connectivity index (χ0) is 11.6. The molecule has 2 N–H and O–H groups in total. The van der Waals surface area contributed by atoms with Crippen LogP contribution in [-0.4, -0.2) is 23.0 Å². The number of aryl methyl sites for hydroxylation is 1. The number of thiazole rings is 1. The fourth-order valence-electron chi connectivity index (χ4n) is 2.09. The van der Waals surface area contributed by atoms with Crippen molar-refractivity contribution in [1.82, 2.24) is 10.3 Å². The molecule has 0 bridgehead atoms. The van der Waals surface area contributed by atoms with Gasteiger partial charge in [-0.2, -0.15) is 0 Å². The average molecular weight is 239 g/mol. The van der Waals surface area contributed by atoms with E-state index in [-0.39, 0.29) is 11.4 Å². The first-order valence-corrected chi connectivity index (χ1v) is 6.53. The van der Waals surface area contributed by atoms with E-state index < -0.39 is 0 Å². The van der Waals surface area contributed by atoms with Crippen LogP contribution in [0.1, 0.15) is 31.9 Å². The first kappa shape index (κ1) is 11.5. The monoisotopic (exact) mass is 239 g/mol. The summed E-state index contributed by atoms with van der Waals surface area (Å²) >= 11 is 1.48. The smallest absolute Gasteiger partial charge is 0.246 e. The second-order valence-electron chi connectivity index (χ2n) is 4.21. The van der Waals surface area contributed by atoms with E-state index in [0.29, 0.717) is 5.13 Å². The Kier molecular flexibility index (Phi) is 3.25. The zero-order valence-corrected chi connectivity index (χ0v) is 10.5. The van der Waals surface area contributed by atoms with Crippen LogP contribution in [0.3, 0.4) is 0 Å². The van der Waals surface area contributed by atoms with Gasteiger partial charge in [0.15, 0.2) is 5.13 Å². The van der Waals surface area contributed by atoms with E-state index in [1.807, 2.05) is 19.2 Å². The summed E-state index contributed by atoms with van der Waals surface area (Å²) in [5.41, 5.74) is 0.574. The minimum Gasteiger partial charge on any atom is -0.303 e. The van der Waals surface area contributed by atoms with Crippen LogP contribution in [-0.2, 0) is 4.79 Å². The number of aromatic nitrogens is 1. The maximum Gasteiger partial charge on any atom is 0.246 e. The molecule has 88 valence electrons. The Morgan fingerprint density at radius 3 is 3.06 bits per heavy atom. The van der Waals surface area contributed by atoms with Crippen LogP contribution >= 0.6 is 11.3 Å². The van der Waals surface area contributed by atoms with Crippen LogP contribution in [0, 0.1) is 6.92 Å². The quantitative estimate of drug-likeness (QED) is 0.847. The normalized spacial score (nSPS) is 24.6. The van der Waals surface area contributed by atoms with Gasteiger partial charge in [0, 0.05) is 5.38 Å². The molecule has 0 aromatic carbocycles. The molecular weight excluding hydrogens is 222 g/mol. The van der Waals surface area contributed by atoms with Crippen LogP contribution in [0.4, 0.5) is 5.13 Å². The molecule has 1 atom stereocenters. The summed E-state index contributed by atoms with van der Waals surface area (Å²) in [6, 6.07) is 0. The molecule has 5 heteroatoms. The Labute approximate surface area is 99.5 Å². The van der Waals surface area contributed by atoms with Gasteiger partial charge in [-0.1, -0.05) is 6.92 Å². The first-order valence-electron chi connectivity index (χ1n) is 5.65. The van der Waals surface area contributed by atoms with Crippen molar-refractivity contribution >= 4 is 22.4 Å². The summed E-state index contributed by atoms with van der Waals surface area (Å²) < 4.78 is 0. The third-order valence-electron chi connectivity index (χ3n) is 3.12. The highest BCUT2D eigenvalue weighted by Crippen LogP contribution is 2.25. The number of hydrogen-bond acceptors (Lipinski definition) is 4. The largest absolute Gasteiger partial charge is 0.303 e. The summed E-state index contributed by atoms with van der Waals surface area (Å²) in [6.45, 7) is 4.90. The molecule has 1 aliphatic rings. The van der Waals surface area contributed by atoms with Crippen molar-refractivity contribution in [2.24, 2.45) is 0 Å². The molecule has 1 fully saturated rings. The van der Waals surface area contributed by atoms with Gasteiger partial charge >= 0.3 is 0 Å². The highest BCUT2D eigenvalue weighted by atomic mass is 32.1. The molecule has 1 saturated heterocycles. The van der Waals surface area contributed by atoms with Crippen molar-refractivity contribution in [1.29, 1.82) is 0 Å². The lowest BCUT2D eigenvalue weighted by Crippen LogP contribution is -2.50. The van der Waals surface area contributed by atoms with E-state index in [1.54, 1.807) is 0 Å². The van der Waals surface area contributed by atoms with E-state index in [1.165, 1.54) is 11.3 Å². The van der Waals surface area contributed by atoms with Gasteiger partial charge in [0.1, 0.15) is 0 Å². The number of carbonyl (C=O) groups excluding carboxylic acids is 1. The Morgan fingerprint density at radius 1 is 1.75 bits per heavy atom. The number of anilines is 1. The van der Waals surface area contributed by atoms with Crippen LogP contribution in [0.15, 0.2) is 5.38 Å². The summed E-state index contributed by atoms with van der Waals surface area (Å²) in [5, 5.41) is 8.85. The number of carbonyl (C=O) groups is 1. The molecule has 1 amide bonds. The minimum absolute atomic E-state index is 0.0573. The predicted molar refractivity (Wildman–Crippen MR) is 65.7 cm³/mol. The topological polar surface area (TPSA) is 54.0 Å². The van der Waals surface area contributed by atoms with Crippen molar-refractivity contribution in [2.75, 3.05) is 11.9 Å². The Morgan fingerprint density at radius 2 is 2.56 bits per heavy atom. The molecule has 0 spiro atoms. The van der Waals surface area contributed by atoms with E-state index in [0.717, 1.165) is 31.5 Å². The maximum atomic E-state index is 12.2. The Hall–Kier alpha value is -0.940. The molecule has 1 aromatic rings. The van der Waals surface area contributed by atoms with Gasteiger partial charge in [-0.3, -0.25) is 4.79 Å². The van der Waals surface area contributed by atoms with Crippen LogP contribution in [0.25, 0.3) is 0 Å². The first-order chi connectivity index (χ1) is 7.66. The summed E-state index contributed by atoms with van der Waals surface area (Å²) in [4.78, 5) is 16.4. The van der Waals surface area contributed by atoms with Gasteiger partial charge in [0.2, 0.25) is 5.91 Å². The standard InChI is InChI=1S/C11H17N3OS/c1-3-11(5-4-6-12-11)9(15)14-10-13-8(2)7-16-10/h7,12H,3-6H2,1-2H3,(H,13,14,15). The SMILES string of the molecule is CCC1(C(=O)Nc2nc(C)cs2)CCCN1. The van der Waals surface area contributed by atoms with E-state index >= 15 is 0 Å². The van der Waals surface area contributed by atoms with Gasteiger partial charge in [0.05, 0.1) is 11.2 Å². The molecular formula is C11H17N3OS. The van der Waals surface area contributed by atoms with E-state index in [9.17, 15) is 4.79 Å². The number of nitrogens with one attached hydrogen (secondary N) is 2. The minimum atomic E-state index is -0.375. The third-order valence-corrected chi connectivity index (χ3v) is 4.00. The highest BCUT2D eigenvalue weighted by molar-refractivity contribution is 7.13. The summed E-state index contributed by atoms with van der Waals surface area (Å²) in [5.74, 6) is 0.0573.